The maximum absolute atomic E-state index is 12.9. The van der Waals surface area contributed by atoms with Crippen LogP contribution in [-0.2, 0) is 9.59 Å². The van der Waals surface area contributed by atoms with Crippen LogP contribution in [0, 0.1) is 0 Å². The molecule has 2 fully saturated rings. The van der Waals surface area contributed by atoms with Crippen LogP contribution in [0.15, 0.2) is 48.8 Å². The van der Waals surface area contributed by atoms with E-state index >= 15 is 0 Å². The van der Waals surface area contributed by atoms with Crippen molar-refractivity contribution in [2.75, 3.05) is 36.4 Å². The lowest BCUT2D eigenvalue weighted by Crippen LogP contribution is -2.51. The number of hydrogen-bond acceptors (Lipinski definition) is 6. The van der Waals surface area contributed by atoms with E-state index in [1.807, 2.05) is 35.2 Å². The van der Waals surface area contributed by atoms with Gasteiger partial charge in [0.05, 0.1) is 6.54 Å². The molecule has 4 rings (SSSR count). The molecule has 2 N–H and O–H groups in total. The topological polar surface area (TPSA) is 90.5 Å². The third-order valence-electron chi connectivity index (χ3n) is 5.72. The lowest BCUT2D eigenvalue weighted by Gasteiger charge is -2.33. The molecule has 3 heterocycles. The van der Waals surface area contributed by atoms with Crippen LogP contribution in [0.1, 0.15) is 25.7 Å². The van der Waals surface area contributed by atoms with Gasteiger partial charge in [0.1, 0.15) is 6.04 Å². The molecule has 1 aromatic carbocycles. The van der Waals surface area contributed by atoms with E-state index in [0.717, 1.165) is 51.0 Å². The fourth-order valence-electron chi connectivity index (χ4n) is 4.18. The number of carbonyl (C=O) groups excluding carboxylic acids is 2. The summed E-state index contributed by atoms with van der Waals surface area (Å²) in [5.41, 5.74) is 0.813. The molecular formula is C22H28N6O2. The van der Waals surface area contributed by atoms with Crippen molar-refractivity contribution in [1.82, 2.24) is 20.2 Å². The van der Waals surface area contributed by atoms with Crippen molar-refractivity contribution in [2.24, 2.45) is 0 Å². The minimum absolute atomic E-state index is 0.00635. The van der Waals surface area contributed by atoms with Crippen LogP contribution < -0.4 is 15.5 Å². The van der Waals surface area contributed by atoms with Crippen LogP contribution >= 0.6 is 0 Å². The van der Waals surface area contributed by atoms with E-state index in [4.69, 9.17) is 0 Å². The molecule has 2 aromatic rings. The molecule has 0 aliphatic carbocycles. The Morgan fingerprint density at radius 3 is 2.43 bits per heavy atom. The first-order valence-electron chi connectivity index (χ1n) is 10.6. The molecule has 1 aromatic heterocycles. The molecule has 30 heavy (non-hydrogen) atoms. The second-order valence-electron chi connectivity index (χ2n) is 7.87. The van der Waals surface area contributed by atoms with E-state index in [1.165, 1.54) is 0 Å². The Morgan fingerprint density at radius 2 is 1.70 bits per heavy atom. The first kappa shape index (κ1) is 20.3. The highest BCUT2D eigenvalue weighted by Crippen LogP contribution is 2.22. The normalized spacial score (nSPS) is 20.1. The summed E-state index contributed by atoms with van der Waals surface area (Å²) >= 11 is 0. The molecule has 0 radical (unpaired) electrons. The summed E-state index contributed by atoms with van der Waals surface area (Å²) in [5, 5.41) is 6.13. The minimum Gasteiger partial charge on any atom is -0.351 e. The molecular weight excluding hydrogens is 380 g/mol. The number of nitrogens with zero attached hydrogens (tertiary/aromatic N) is 4. The second kappa shape index (κ2) is 9.67. The highest BCUT2D eigenvalue weighted by Gasteiger charge is 2.34. The number of amides is 2. The summed E-state index contributed by atoms with van der Waals surface area (Å²) in [4.78, 5) is 37.9. The van der Waals surface area contributed by atoms with E-state index in [2.05, 4.69) is 25.5 Å². The van der Waals surface area contributed by atoms with Crippen LogP contribution in [0.25, 0.3) is 0 Å². The van der Waals surface area contributed by atoms with Crippen LogP contribution in [0.4, 0.5) is 11.6 Å². The number of carbonyl (C=O) groups is 2. The van der Waals surface area contributed by atoms with Gasteiger partial charge in [-0.3, -0.25) is 14.5 Å². The van der Waals surface area contributed by atoms with Gasteiger partial charge < -0.3 is 15.5 Å². The third-order valence-corrected chi connectivity index (χ3v) is 5.72. The molecule has 0 bridgehead atoms. The highest BCUT2D eigenvalue weighted by molar-refractivity contribution is 5.92. The molecule has 1 atom stereocenters. The molecule has 8 nitrogen and oxygen atoms in total. The largest absolute Gasteiger partial charge is 0.351 e. The summed E-state index contributed by atoms with van der Waals surface area (Å²) in [6, 6.07) is 11.2. The van der Waals surface area contributed by atoms with E-state index in [-0.39, 0.29) is 23.9 Å². The van der Waals surface area contributed by atoms with Gasteiger partial charge in [-0.2, -0.15) is 0 Å². The summed E-state index contributed by atoms with van der Waals surface area (Å²) in [6.45, 7) is 2.76. The maximum Gasteiger partial charge on any atom is 0.243 e. The number of para-hydroxylation sites is 1. The Hall–Kier alpha value is -3.00. The predicted molar refractivity (Wildman–Crippen MR) is 115 cm³/mol. The average molecular weight is 409 g/mol. The van der Waals surface area contributed by atoms with E-state index in [9.17, 15) is 9.59 Å². The molecule has 2 saturated heterocycles. The molecule has 0 unspecified atom stereocenters. The molecule has 158 valence electrons. The number of rotatable bonds is 6. The standard InChI is InChI=1S/C22H28N6O2/c29-20(25-17-6-2-1-3-7-17)16-27-14-9-18(10-15-27)26-21(30)19-8-4-13-28(19)22-23-11-5-12-24-22/h1-3,5-7,11-12,18-19H,4,8-10,13-16H2,(H,25,29)(H,26,30)/t19-/m1/s1. The number of benzene rings is 1. The van der Waals surface area contributed by atoms with Crippen molar-refractivity contribution >= 4 is 23.5 Å². The fraction of sp³-hybridized carbons (Fsp3) is 0.455. The van der Waals surface area contributed by atoms with Crippen molar-refractivity contribution in [3.63, 3.8) is 0 Å². The Balaban J connectivity index is 1.22. The predicted octanol–water partition coefficient (Wildman–Crippen LogP) is 1.66. The fourth-order valence-corrected chi connectivity index (χ4v) is 4.18. The number of nitrogens with one attached hydrogen (secondary N) is 2. The molecule has 2 amide bonds. The lowest BCUT2D eigenvalue weighted by molar-refractivity contribution is -0.123. The van der Waals surface area contributed by atoms with Gasteiger partial charge in [0.25, 0.3) is 0 Å². The van der Waals surface area contributed by atoms with Gasteiger partial charge in [-0.15, -0.1) is 0 Å². The third kappa shape index (κ3) is 5.13. The van der Waals surface area contributed by atoms with E-state index in [1.54, 1.807) is 18.5 Å². The van der Waals surface area contributed by atoms with Crippen LogP contribution in [0.3, 0.4) is 0 Å². The van der Waals surface area contributed by atoms with Crippen molar-refractivity contribution in [1.29, 1.82) is 0 Å². The molecule has 2 aliphatic rings. The van der Waals surface area contributed by atoms with E-state index < -0.39 is 0 Å². The van der Waals surface area contributed by atoms with Gasteiger partial charge in [0.15, 0.2) is 0 Å². The lowest BCUT2D eigenvalue weighted by atomic mass is 10.0. The van der Waals surface area contributed by atoms with Crippen molar-refractivity contribution in [2.45, 2.75) is 37.8 Å². The molecule has 0 saturated carbocycles. The summed E-state index contributed by atoms with van der Waals surface area (Å²) < 4.78 is 0. The summed E-state index contributed by atoms with van der Waals surface area (Å²) in [5.74, 6) is 0.669. The van der Waals surface area contributed by atoms with Gasteiger partial charge in [-0.05, 0) is 43.9 Å². The van der Waals surface area contributed by atoms with Crippen LogP contribution in [0.5, 0.6) is 0 Å². The first-order chi connectivity index (χ1) is 14.7. The maximum atomic E-state index is 12.9. The minimum atomic E-state index is -0.206. The van der Waals surface area contributed by atoms with Gasteiger partial charge in [-0.25, -0.2) is 9.97 Å². The quantitative estimate of drug-likeness (QED) is 0.756. The zero-order valence-corrected chi connectivity index (χ0v) is 17.0. The average Bonchev–Trinajstić information content (AvgIpc) is 3.27. The van der Waals surface area contributed by atoms with Crippen molar-refractivity contribution < 1.29 is 9.59 Å². The van der Waals surface area contributed by atoms with Gasteiger partial charge >= 0.3 is 0 Å². The number of piperidine rings is 1. The first-order valence-corrected chi connectivity index (χ1v) is 10.6. The number of hydrogen-bond donors (Lipinski definition) is 2. The Bertz CT molecular complexity index is 839. The monoisotopic (exact) mass is 408 g/mol. The summed E-state index contributed by atoms with van der Waals surface area (Å²) in [6.07, 6.45) is 6.89. The van der Waals surface area contributed by atoms with Crippen molar-refractivity contribution in [3.8, 4) is 0 Å². The molecule has 8 heteroatoms. The Labute approximate surface area is 176 Å². The van der Waals surface area contributed by atoms with Gasteiger partial charge in [0, 0.05) is 43.8 Å². The summed E-state index contributed by atoms with van der Waals surface area (Å²) in [7, 11) is 0. The van der Waals surface area contributed by atoms with Crippen LogP contribution in [0.2, 0.25) is 0 Å². The number of aromatic nitrogens is 2. The molecule has 0 spiro atoms. The second-order valence-corrected chi connectivity index (χ2v) is 7.87. The van der Waals surface area contributed by atoms with Gasteiger partial charge in [0.2, 0.25) is 17.8 Å². The zero-order valence-electron chi connectivity index (χ0n) is 17.0. The smallest absolute Gasteiger partial charge is 0.243 e. The van der Waals surface area contributed by atoms with E-state index in [0.29, 0.717) is 12.5 Å². The zero-order chi connectivity index (χ0) is 20.8. The Kier molecular flexibility index (Phi) is 6.53. The SMILES string of the molecule is O=C(CN1CCC(NC(=O)[C@H]2CCCN2c2ncccn2)CC1)Nc1ccccc1. The molecule has 2 aliphatic heterocycles. The Morgan fingerprint density at radius 1 is 0.967 bits per heavy atom. The van der Waals surface area contributed by atoms with Gasteiger partial charge in [-0.1, -0.05) is 18.2 Å². The van der Waals surface area contributed by atoms with Crippen LogP contribution in [-0.4, -0.2) is 64.9 Å². The van der Waals surface area contributed by atoms with Crippen molar-refractivity contribution in [3.05, 3.63) is 48.8 Å². The number of likely N-dealkylation sites (tertiary alicyclic amines) is 1. The number of anilines is 2. The highest BCUT2D eigenvalue weighted by atomic mass is 16.2.